The first kappa shape index (κ1) is 100. The Bertz CT molecular complexity index is 1930. The Labute approximate surface area is 626 Å². The number of rotatable bonds is 84. The van der Waals surface area contributed by atoms with Crippen LogP contribution in [0.5, 0.6) is 0 Å². The third-order valence-electron chi connectivity index (χ3n) is 19.6. The fourth-order valence-corrected chi connectivity index (χ4v) is 14.6. The van der Waals surface area contributed by atoms with Gasteiger partial charge in [0.2, 0.25) is 0 Å². The number of aliphatic hydroxyl groups excluding tert-OH is 1. The zero-order valence-electron chi connectivity index (χ0n) is 66.6. The van der Waals surface area contributed by atoms with E-state index in [1.54, 1.807) is 0 Å². The molecule has 5 atom stereocenters. The van der Waals surface area contributed by atoms with Gasteiger partial charge in [0.25, 0.3) is 0 Å². The fraction of sp³-hybridized carbons (Fsp3) is 0.952. The highest BCUT2D eigenvalue weighted by molar-refractivity contribution is 7.47. The average Bonchev–Trinajstić information content (AvgIpc) is 0.992. The number of phosphoric acid groups is 2. The van der Waals surface area contributed by atoms with Crippen molar-refractivity contribution < 1.29 is 80.2 Å². The minimum absolute atomic E-state index is 0.108. The Balaban J connectivity index is 5.23. The minimum atomic E-state index is -4.96. The molecule has 102 heavy (non-hydrogen) atoms. The molecule has 0 saturated carbocycles. The lowest BCUT2D eigenvalue weighted by Gasteiger charge is -2.21. The van der Waals surface area contributed by atoms with Crippen LogP contribution in [0.25, 0.3) is 0 Å². The van der Waals surface area contributed by atoms with Crippen LogP contribution in [-0.4, -0.2) is 96.7 Å². The Morgan fingerprint density at radius 3 is 0.578 bits per heavy atom. The average molecular weight is 1490 g/mol. The lowest BCUT2D eigenvalue weighted by molar-refractivity contribution is -0.161. The summed E-state index contributed by atoms with van der Waals surface area (Å²) < 4.78 is 68.8. The van der Waals surface area contributed by atoms with Gasteiger partial charge in [-0.25, -0.2) is 9.13 Å². The van der Waals surface area contributed by atoms with Gasteiger partial charge in [-0.15, -0.1) is 0 Å². The Hall–Kier alpha value is -1.94. The highest BCUT2D eigenvalue weighted by atomic mass is 31.2. The molecule has 19 heteroatoms. The smallest absolute Gasteiger partial charge is 0.462 e. The van der Waals surface area contributed by atoms with Crippen molar-refractivity contribution in [2.24, 2.45) is 0 Å². The largest absolute Gasteiger partial charge is 0.472 e. The lowest BCUT2D eigenvalue weighted by Crippen LogP contribution is -2.30. The summed E-state index contributed by atoms with van der Waals surface area (Å²) in [6.07, 6.45) is 70.7. The van der Waals surface area contributed by atoms with Gasteiger partial charge in [0.1, 0.15) is 19.3 Å². The second-order valence-corrected chi connectivity index (χ2v) is 32.8. The van der Waals surface area contributed by atoms with Crippen LogP contribution in [0.4, 0.5) is 0 Å². The van der Waals surface area contributed by atoms with E-state index in [0.717, 1.165) is 89.9 Å². The van der Waals surface area contributed by atoms with E-state index in [0.29, 0.717) is 25.7 Å². The van der Waals surface area contributed by atoms with Crippen LogP contribution in [0.15, 0.2) is 0 Å². The molecule has 0 aliphatic carbocycles. The molecule has 606 valence electrons. The monoisotopic (exact) mass is 1490 g/mol. The van der Waals surface area contributed by atoms with Crippen molar-refractivity contribution in [1.29, 1.82) is 0 Å². The number of hydrogen-bond donors (Lipinski definition) is 3. The van der Waals surface area contributed by atoms with E-state index in [2.05, 4.69) is 27.7 Å². The zero-order chi connectivity index (χ0) is 74.6. The molecule has 0 rings (SSSR count). The molecular weight excluding hydrogens is 1330 g/mol. The number of phosphoric ester groups is 2. The first-order chi connectivity index (χ1) is 49.7. The van der Waals surface area contributed by atoms with E-state index in [4.69, 9.17) is 37.0 Å². The van der Waals surface area contributed by atoms with Crippen LogP contribution in [-0.2, 0) is 65.4 Å². The molecule has 0 fully saturated rings. The second-order valence-electron chi connectivity index (χ2n) is 29.9. The van der Waals surface area contributed by atoms with Crippen molar-refractivity contribution in [2.75, 3.05) is 39.6 Å². The molecule has 0 bridgehead atoms. The molecule has 0 amide bonds. The molecule has 0 saturated heterocycles. The molecule has 0 radical (unpaired) electrons. The van der Waals surface area contributed by atoms with E-state index in [1.165, 1.54) is 283 Å². The van der Waals surface area contributed by atoms with Gasteiger partial charge in [0, 0.05) is 25.7 Å². The van der Waals surface area contributed by atoms with Crippen molar-refractivity contribution in [3.63, 3.8) is 0 Å². The van der Waals surface area contributed by atoms with Gasteiger partial charge in [-0.05, 0) is 25.7 Å². The van der Waals surface area contributed by atoms with Gasteiger partial charge >= 0.3 is 39.5 Å². The van der Waals surface area contributed by atoms with E-state index in [1.807, 2.05) is 0 Å². The van der Waals surface area contributed by atoms with Crippen LogP contribution in [0.3, 0.4) is 0 Å². The number of carbonyl (C=O) groups is 4. The Morgan fingerprint density at radius 2 is 0.392 bits per heavy atom. The van der Waals surface area contributed by atoms with E-state index in [-0.39, 0.29) is 25.7 Å². The maximum atomic E-state index is 13.1. The summed E-state index contributed by atoms with van der Waals surface area (Å²) in [5, 5.41) is 10.7. The molecular formula is C83H162O17P2. The summed E-state index contributed by atoms with van der Waals surface area (Å²) in [5.74, 6) is -2.10. The summed E-state index contributed by atoms with van der Waals surface area (Å²) in [7, 11) is -9.92. The predicted octanol–water partition coefficient (Wildman–Crippen LogP) is 25.4. The number of unbranched alkanes of at least 4 members (excludes halogenated alkanes) is 58. The molecule has 0 aromatic carbocycles. The van der Waals surface area contributed by atoms with Crippen LogP contribution >= 0.6 is 15.6 Å². The van der Waals surface area contributed by atoms with E-state index < -0.39 is 97.5 Å². The molecule has 0 spiro atoms. The molecule has 17 nitrogen and oxygen atoms in total. The third kappa shape index (κ3) is 76.3. The lowest BCUT2D eigenvalue weighted by atomic mass is 10.0. The SMILES string of the molecule is CCCCCCCCCCCCCCCCCCCCCC(=O)OC[C@H](COP(=O)(O)OCC(O)COP(=O)(O)OC[C@@H](COC(=O)CCCCCCCCCCCCCC)OC(=O)CCCCCCCCCCCCCC)OC(=O)CCCCCCCCCCCCCCCCCCCCC. The first-order valence-corrected chi connectivity index (χ1v) is 46.3. The predicted molar refractivity (Wildman–Crippen MR) is 419 cm³/mol. The molecule has 3 unspecified atom stereocenters. The number of hydrogen-bond acceptors (Lipinski definition) is 15. The normalized spacial score (nSPS) is 13.8. The van der Waals surface area contributed by atoms with Gasteiger partial charge < -0.3 is 33.8 Å². The summed E-state index contributed by atoms with van der Waals surface area (Å²) in [4.78, 5) is 73.1. The number of ether oxygens (including phenoxy) is 4. The molecule has 0 heterocycles. The highest BCUT2D eigenvalue weighted by Crippen LogP contribution is 2.45. The van der Waals surface area contributed by atoms with E-state index in [9.17, 15) is 43.2 Å². The molecule has 0 aliphatic heterocycles. The first-order valence-electron chi connectivity index (χ1n) is 43.3. The standard InChI is InChI=1S/C83H162O17P2/c1-5-9-13-17-21-25-29-33-35-37-39-41-43-45-49-52-56-60-64-68-81(86)94-74-79(100-83(88)70-66-62-58-54-50-46-44-42-40-38-36-34-30-26-22-18-14-10-6-2)76-98-102(91,92)96-72-77(84)71-95-101(89,90)97-75-78(99-82(87)69-65-61-57-53-48-32-28-24-20-16-12-8-4)73-93-80(85)67-63-59-55-51-47-31-27-23-19-15-11-7-3/h77-79,84H,5-76H2,1-4H3,(H,89,90)(H,91,92)/t77?,78-,79-/m1/s1. The van der Waals surface area contributed by atoms with Crippen molar-refractivity contribution in [1.82, 2.24) is 0 Å². The van der Waals surface area contributed by atoms with E-state index >= 15 is 0 Å². The van der Waals surface area contributed by atoms with Gasteiger partial charge in [-0.1, -0.05) is 400 Å². The quantitative estimate of drug-likeness (QED) is 0.0222. The van der Waals surface area contributed by atoms with Crippen LogP contribution in [0, 0.1) is 0 Å². The zero-order valence-corrected chi connectivity index (χ0v) is 68.4. The third-order valence-corrected chi connectivity index (χ3v) is 21.5. The second kappa shape index (κ2) is 77.2. The van der Waals surface area contributed by atoms with Crippen LogP contribution in [0.1, 0.15) is 451 Å². The summed E-state index contributed by atoms with van der Waals surface area (Å²) in [6, 6.07) is 0. The van der Waals surface area contributed by atoms with Crippen LogP contribution in [0.2, 0.25) is 0 Å². The van der Waals surface area contributed by atoms with Gasteiger partial charge in [-0.2, -0.15) is 0 Å². The van der Waals surface area contributed by atoms with Crippen molar-refractivity contribution in [2.45, 2.75) is 470 Å². The van der Waals surface area contributed by atoms with Gasteiger partial charge in [0.05, 0.1) is 26.4 Å². The Morgan fingerprint density at radius 1 is 0.235 bits per heavy atom. The summed E-state index contributed by atoms with van der Waals surface area (Å²) in [6.45, 7) is 5.04. The number of carbonyl (C=O) groups excluding carboxylic acids is 4. The molecule has 0 aromatic rings. The van der Waals surface area contributed by atoms with Gasteiger partial charge in [-0.3, -0.25) is 37.3 Å². The topological polar surface area (TPSA) is 237 Å². The highest BCUT2D eigenvalue weighted by Gasteiger charge is 2.30. The number of esters is 4. The molecule has 3 N–H and O–H groups in total. The van der Waals surface area contributed by atoms with Crippen molar-refractivity contribution in [3.8, 4) is 0 Å². The Kier molecular flexibility index (Phi) is 75.8. The number of aliphatic hydroxyl groups is 1. The minimum Gasteiger partial charge on any atom is -0.462 e. The summed E-state index contributed by atoms with van der Waals surface area (Å²) in [5.41, 5.74) is 0. The van der Waals surface area contributed by atoms with Gasteiger partial charge in [0.15, 0.2) is 12.2 Å². The van der Waals surface area contributed by atoms with Crippen molar-refractivity contribution in [3.05, 3.63) is 0 Å². The summed E-state index contributed by atoms with van der Waals surface area (Å²) >= 11 is 0. The van der Waals surface area contributed by atoms with Crippen molar-refractivity contribution >= 4 is 39.5 Å². The molecule has 0 aromatic heterocycles. The maximum absolute atomic E-state index is 13.1. The fourth-order valence-electron chi connectivity index (χ4n) is 13.0. The maximum Gasteiger partial charge on any atom is 0.472 e. The molecule has 0 aliphatic rings. The van der Waals surface area contributed by atoms with Crippen LogP contribution < -0.4 is 0 Å².